The molecule has 0 aliphatic carbocycles. The molecule has 4 rings (SSSR count). The van der Waals surface area contributed by atoms with E-state index in [4.69, 9.17) is 4.74 Å². The maximum absolute atomic E-state index is 12.8. The van der Waals surface area contributed by atoms with Crippen LogP contribution in [0.2, 0.25) is 0 Å². The summed E-state index contributed by atoms with van der Waals surface area (Å²) in [5.74, 6) is 1.00. The molecule has 8 nitrogen and oxygen atoms in total. The Balaban J connectivity index is 1.45. The predicted molar refractivity (Wildman–Crippen MR) is 144 cm³/mol. The first-order valence-corrected chi connectivity index (χ1v) is 11.9. The van der Waals surface area contributed by atoms with E-state index in [1.165, 1.54) is 0 Å². The zero-order valence-electron chi connectivity index (χ0n) is 21.0. The van der Waals surface area contributed by atoms with Crippen molar-refractivity contribution in [3.63, 3.8) is 0 Å². The number of fused-ring (bicyclic) bond motifs is 1. The van der Waals surface area contributed by atoms with E-state index < -0.39 is 0 Å². The molecule has 8 heteroatoms. The lowest BCUT2D eigenvalue weighted by atomic mass is 10.1. The Labute approximate surface area is 210 Å². The molecule has 2 aromatic carbocycles. The number of hydrogen-bond donors (Lipinski definition) is 3. The summed E-state index contributed by atoms with van der Waals surface area (Å²) in [5.41, 5.74) is 4.45. The van der Waals surface area contributed by atoms with E-state index in [0.29, 0.717) is 17.3 Å². The van der Waals surface area contributed by atoms with E-state index in [0.717, 1.165) is 40.7 Å². The van der Waals surface area contributed by atoms with Crippen LogP contribution in [0.3, 0.4) is 0 Å². The minimum Gasteiger partial charge on any atom is -0.495 e. The van der Waals surface area contributed by atoms with Crippen LogP contribution < -0.4 is 20.7 Å². The second kappa shape index (κ2) is 10.9. The van der Waals surface area contributed by atoms with Gasteiger partial charge in [0.25, 0.3) is 0 Å². The first kappa shape index (κ1) is 24.8. The number of carbonyl (C=O) groups excluding carboxylic acids is 2. The van der Waals surface area contributed by atoms with Crippen LogP contribution in [0.1, 0.15) is 25.0 Å². The summed E-state index contributed by atoms with van der Waals surface area (Å²) in [5, 5.41) is 9.63. The molecule has 3 N–H and O–H groups in total. The minimum atomic E-state index is -0.341. The summed E-state index contributed by atoms with van der Waals surface area (Å²) in [4.78, 5) is 29.0. The highest BCUT2D eigenvalue weighted by atomic mass is 16.5. The third-order valence-corrected chi connectivity index (χ3v) is 5.91. The SMILES string of the molecule is COc1ccc(C)cc1NC(=O)Nc1cccc2c1ccn2CCc1ccnc(NC(=O)C(C)C)c1. The fourth-order valence-corrected chi connectivity index (χ4v) is 3.94. The quantitative estimate of drug-likeness (QED) is 0.292. The number of pyridine rings is 1. The summed E-state index contributed by atoms with van der Waals surface area (Å²) in [6.07, 6.45) is 4.49. The van der Waals surface area contributed by atoms with Gasteiger partial charge in [-0.25, -0.2) is 9.78 Å². The molecule has 4 aromatic rings. The zero-order chi connectivity index (χ0) is 25.7. The van der Waals surface area contributed by atoms with E-state index in [-0.39, 0.29) is 17.9 Å². The van der Waals surface area contributed by atoms with E-state index >= 15 is 0 Å². The van der Waals surface area contributed by atoms with Crippen molar-refractivity contribution in [2.45, 2.75) is 33.7 Å². The van der Waals surface area contributed by atoms with Crippen LogP contribution in [-0.2, 0) is 17.8 Å². The average Bonchev–Trinajstić information content (AvgIpc) is 3.27. The monoisotopic (exact) mass is 485 g/mol. The van der Waals surface area contributed by atoms with Crippen molar-refractivity contribution in [3.05, 3.63) is 78.1 Å². The Morgan fingerprint density at radius 3 is 2.58 bits per heavy atom. The molecule has 0 radical (unpaired) electrons. The van der Waals surface area contributed by atoms with Gasteiger partial charge in [-0.3, -0.25) is 4.79 Å². The van der Waals surface area contributed by atoms with Crippen molar-refractivity contribution in [3.8, 4) is 5.75 Å². The van der Waals surface area contributed by atoms with Gasteiger partial charge < -0.3 is 25.3 Å². The number of hydrogen-bond acceptors (Lipinski definition) is 4. The lowest BCUT2D eigenvalue weighted by molar-refractivity contribution is -0.118. The highest BCUT2D eigenvalue weighted by Crippen LogP contribution is 2.27. The smallest absolute Gasteiger partial charge is 0.323 e. The van der Waals surface area contributed by atoms with Gasteiger partial charge in [0, 0.05) is 30.2 Å². The second-order valence-corrected chi connectivity index (χ2v) is 8.97. The molecule has 3 amide bonds. The molecule has 0 saturated heterocycles. The molecule has 0 spiro atoms. The van der Waals surface area contributed by atoms with Gasteiger partial charge in [-0.05, 0) is 66.9 Å². The number of ether oxygens (including phenoxy) is 1. The Kier molecular flexibility index (Phi) is 7.53. The summed E-state index contributed by atoms with van der Waals surface area (Å²) < 4.78 is 7.50. The number of rotatable bonds is 8. The number of nitrogens with one attached hydrogen (secondary N) is 3. The molecule has 0 unspecified atom stereocenters. The molecule has 2 aromatic heterocycles. The molecule has 0 aliphatic heterocycles. The largest absolute Gasteiger partial charge is 0.495 e. The Morgan fingerprint density at radius 1 is 1.00 bits per heavy atom. The van der Waals surface area contributed by atoms with Crippen LogP contribution >= 0.6 is 0 Å². The molecule has 0 fully saturated rings. The number of nitrogens with zero attached hydrogens (tertiary/aromatic N) is 2. The molecule has 0 atom stereocenters. The minimum absolute atomic E-state index is 0.0547. The maximum Gasteiger partial charge on any atom is 0.323 e. The third kappa shape index (κ3) is 5.83. The van der Waals surface area contributed by atoms with Crippen LogP contribution in [-0.4, -0.2) is 28.6 Å². The van der Waals surface area contributed by atoms with Gasteiger partial charge in [-0.15, -0.1) is 0 Å². The van der Waals surface area contributed by atoms with Gasteiger partial charge in [-0.1, -0.05) is 26.0 Å². The van der Waals surface area contributed by atoms with Gasteiger partial charge in [0.05, 0.1) is 24.0 Å². The number of urea groups is 1. The number of carbonyl (C=O) groups is 2. The van der Waals surface area contributed by atoms with E-state index in [9.17, 15) is 9.59 Å². The summed E-state index contributed by atoms with van der Waals surface area (Å²) in [6.45, 7) is 6.40. The average molecular weight is 486 g/mol. The van der Waals surface area contributed by atoms with Crippen molar-refractivity contribution >= 4 is 40.0 Å². The summed E-state index contributed by atoms with van der Waals surface area (Å²) in [7, 11) is 1.58. The second-order valence-electron chi connectivity index (χ2n) is 8.97. The van der Waals surface area contributed by atoms with E-state index in [2.05, 4.69) is 25.5 Å². The number of aryl methyl sites for hydroxylation is 3. The topological polar surface area (TPSA) is 97.3 Å². The van der Waals surface area contributed by atoms with Crippen molar-refractivity contribution in [1.82, 2.24) is 9.55 Å². The van der Waals surface area contributed by atoms with Crippen LogP contribution in [0.25, 0.3) is 10.9 Å². The van der Waals surface area contributed by atoms with E-state index in [1.807, 2.05) is 81.6 Å². The Bertz CT molecular complexity index is 1390. The summed E-state index contributed by atoms with van der Waals surface area (Å²) in [6, 6.07) is 17.0. The summed E-state index contributed by atoms with van der Waals surface area (Å²) >= 11 is 0. The van der Waals surface area contributed by atoms with Crippen LogP contribution in [0.4, 0.5) is 22.0 Å². The van der Waals surface area contributed by atoms with Gasteiger partial charge in [-0.2, -0.15) is 0 Å². The van der Waals surface area contributed by atoms with Crippen molar-refractivity contribution in [1.29, 1.82) is 0 Å². The number of aromatic nitrogens is 2. The van der Waals surface area contributed by atoms with Crippen LogP contribution in [0.5, 0.6) is 5.75 Å². The highest BCUT2D eigenvalue weighted by molar-refractivity contribution is 6.06. The van der Waals surface area contributed by atoms with Gasteiger partial charge in [0.2, 0.25) is 5.91 Å². The molecule has 0 saturated carbocycles. The fraction of sp³-hybridized carbons (Fsp3) is 0.250. The van der Waals surface area contributed by atoms with Gasteiger partial charge >= 0.3 is 6.03 Å². The first-order chi connectivity index (χ1) is 17.3. The van der Waals surface area contributed by atoms with Gasteiger partial charge in [0.15, 0.2) is 0 Å². The van der Waals surface area contributed by atoms with Crippen LogP contribution in [0.15, 0.2) is 67.0 Å². The maximum atomic E-state index is 12.8. The normalized spacial score (nSPS) is 10.9. The molecule has 36 heavy (non-hydrogen) atoms. The number of methoxy groups -OCH3 is 1. The number of amides is 3. The Hall–Kier alpha value is -4.33. The van der Waals surface area contributed by atoms with E-state index in [1.54, 1.807) is 13.3 Å². The molecule has 2 heterocycles. The first-order valence-electron chi connectivity index (χ1n) is 11.9. The Morgan fingerprint density at radius 2 is 1.81 bits per heavy atom. The van der Waals surface area contributed by atoms with Gasteiger partial charge in [0.1, 0.15) is 11.6 Å². The molecular weight excluding hydrogens is 454 g/mol. The lowest BCUT2D eigenvalue weighted by Crippen LogP contribution is -2.20. The van der Waals surface area contributed by atoms with Crippen molar-refractivity contribution < 1.29 is 14.3 Å². The lowest BCUT2D eigenvalue weighted by Gasteiger charge is -2.13. The highest BCUT2D eigenvalue weighted by Gasteiger charge is 2.12. The third-order valence-electron chi connectivity index (χ3n) is 5.91. The molecule has 0 aliphatic rings. The predicted octanol–water partition coefficient (Wildman–Crippen LogP) is 5.83. The number of benzene rings is 2. The molecule has 0 bridgehead atoms. The fourth-order valence-electron chi connectivity index (χ4n) is 3.94. The zero-order valence-corrected chi connectivity index (χ0v) is 21.0. The molecular formula is C28H31N5O3. The molecule has 186 valence electrons. The van der Waals surface area contributed by atoms with Crippen molar-refractivity contribution in [2.75, 3.05) is 23.1 Å². The standard InChI is InChI=1S/C28H31N5O3/c1-18(2)27(34)32-26-17-20(10-13-29-26)11-14-33-15-12-21-22(6-5-7-24(21)33)30-28(35)31-23-16-19(3)8-9-25(23)36-4/h5-10,12-13,15-18H,11,14H2,1-4H3,(H,29,32,34)(H2,30,31,35). The number of anilines is 3. The van der Waals surface area contributed by atoms with Crippen LogP contribution in [0, 0.1) is 12.8 Å². The van der Waals surface area contributed by atoms with Crippen molar-refractivity contribution in [2.24, 2.45) is 5.92 Å².